The van der Waals surface area contributed by atoms with Crippen molar-refractivity contribution in [2.24, 2.45) is 0 Å². The van der Waals surface area contributed by atoms with Crippen LogP contribution in [0.3, 0.4) is 0 Å². The highest BCUT2D eigenvalue weighted by Crippen LogP contribution is 2.69. The third-order valence-corrected chi connectivity index (χ3v) is 9.78. The maximum Gasteiger partial charge on any atom is 0.0588 e. The molecule has 0 aromatic heterocycles. The summed E-state index contributed by atoms with van der Waals surface area (Å²) in [6.45, 7) is 0. The fourth-order valence-corrected chi connectivity index (χ4v) is 8.57. The van der Waals surface area contributed by atoms with Gasteiger partial charge in [-0.3, -0.25) is 0 Å². The van der Waals surface area contributed by atoms with E-state index in [1.807, 2.05) is 0 Å². The van der Waals surface area contributed by atoms with Crippen molar-refractivity contribution >= 4 is 34.6 Å². The molecule has 1 heteroatoms. The SMILES string of the molecule is C1=C(c2ccccc2)[P@@]2C(c3ccc4ccccc4c3)=CC1(c1ccccc1)c1ccccc12. The van der Waals surface area contributed by atoms with Gasteiger partial charge in [-0.25, -0.2) is 0 Å². The van der Waals surface area contributed by atoms with E-state index in [0.717, 1.165) is 0 Å². The molecular weight excluding hydrogens is 427 g/mol. The lowest BCUT2D eigenvalue weighted by Crippen LogP contribution is -2.36. The molecule has 2 atom stereocenters. The minimum Gasteiger partial charge on any atom is -0.0622 e. The van der Waals surface area contributed by atoms with Gasteiger partial charge in [-0.2, -0.15) is 0 Å². The second-order valence-electron chi connectivity index (χ2n) is 9.07. The van der Waals surface area contributed by atoms with Crippen LogP contribution >= 0.6 is 7.92 Å². The second kappa shape index (κ2) is 7.66. The van der Waals surface area contributed by atoms with E-state index in [4.69, 9.17) is 0 Å². The Labute approximate surface area is 201 Å². The van der Waals surface area contributed by atoms with Gasteiger partial charge in [0.25, 0.3) is 0 Å². The van der Waals surface area contributed by atoms with Gasteiger partial charge in [0.1, 0.15) is 0 Å². The summed E-state index contributed by atoms with van der Waals surface area (Å²) in [5.74, 6) is 0. The highest BCUT2D eigenvalue weighted by atomic mass is 31.1. The smallest absolute Gasteiger partial charge is 0.0588 e. The van der Waals surface area contributed by atoms with Gasteiger partial charge in [-0.05, 0) is 62.9 Å². The Morgan fingerprint density at radius 1 is 0.471 bits per heavy atom. The minimum atomic E-state index is -0.654. The van der Waals surface area contributed by atoms with Crippen molar-refractivity contribution in [1.29, 1.82) is 0 Å². The predicted octanol–water partition coefficient (Wildman–Crippen LogP) is 8.34. The number of rotatable bonds is 3. The molecule has 0 saturated carbocycles. The predicted molar refractivity (Wildman–Crippen MR) is 147 cm³/mol. The van der Waals surface area contributed by atoms with Crippen LogP contribution in [0.1, 0.15) is 22.3 Å². The van der Waals surface area contributed by atoms with E-state index >= 15 is 0 Å². The standard InChI is InChI=1S/C33H23P/c1-3-12-25(13-4-1)31-22-33(28-15-5-2-6-16-28)23-32(34(31)30-18-10-9-17-29(30)33)27-20-19-24-11-7-8-14-26(24)21-27/h1-23H/t33?,34-/m0/s1. The number of allylic oxidation sites excluding steroid dienone is 2. The first-order valence-electron chi connectivity index (χ1n) is 11.8. The van der Waals surface area contributed by atoms with Crippen LogP contribution in [0.5, 0.6) is 0 Å². The fourth-order valence-electron chi connectivity index (χ4n) is 5.58. The maximum atomic E-state index is 2.56. The molecule has 160 valence electrons. The molecule has 0 nitrogen and oxygen atoms in total. The Balaban J connectivity index is 1.55. The summed E-state index contributed by atoms with van der Waals surface area (Å²) in [5.41, 5.74) is 5.14. The zero-order valence-electron chi connectivity index (χ0n) is 18.7. The lowest BCUT2D eigenvalue weighted by Gasteiger charge is -2.46. The Hall–Kier alpha value is -3.73. The van der Waals surface area contributed by atoms with Gasteiger partial charge in [0.05, 0.1) is 5.41 Å². The minimum absolute atomic E-state index is 0.277. The fraction of sp³-hybridized carbons (Fsp3) is 0.0303. The van der Waals surface area contributed by atoms with Gasteiger partial charge < -0.3 is 0 Å². The number of benzene rings is 5. The molecule has 3 heterocycles. The molecule has 34 heavy (non-hydrogen) atoms. The number of fused-ring (bicyclic) bond motifs is 1. The number of hydrogen-bond acceptors (Lipinski definition) is 0. The third-order valence-electron chi connectivity index (χ3n) is 7.17. The first-order chi connectivity index (χ1) is 16.8. The largest absolute Gasteiger partial charge is 0.0622 e. The van der Waals surface area contributed by atoms with E-state index in [9.17, 15) is 0 Å². The summed E-state index contributed by atoms with van der Waals surface area (Å²) >= 11 is 0. The van der Waals surface area contributed by atoms with Gasteiger partial charge in [0.2, 0.25) is 0 Å². The van der Waals surface area contributed by atoms with Crippen LogP contribution in [0.25, 0.3) is 21.4 Å². The first kappa shape index (κ1) is 19.7. The van der Waals surface area contributed by atoms with E-state index in [0.29, 0.717) is 0 Å². The zero-order valence-corrected chi connectivity index (χ0v) is 19.6. The number of hydrogen-bond donors (Lipinski definition) is 0. The Morgan fingerprint density at radius 3 is 1.88 bits per heavy atom. The Morgan fingerprint density at radius 2 is 1.09 bits per heavy atom. The molecule has 8 rings (SSSR count). The van der Waals surface area contributed by atoms with Gasteiger partial charge >= 0.3 is 0 Å². The van der Waals surface area contributed by atoms with Crippen LogP contribution in [0.2, 0.25) is 0 Å². The van der Waals surface area contributed by atoms with Crippen molar-refractivity contribution in [3.05, 3.63) is 162 Å². The monoisotopic (exact) mass is 450 g/mol. The molecule has 1 unspecified atom stereocenters. The molecular formula is C33H23P. The van der Waals surface area contributed by atoms with E-state index in [-0.39, 0.29) is 5.41 Å². The van der Waals surface area contributed by atoms with E-state index in [1.54, 1.807) is 0 Å². The molecule has 0 amide bonds. The Bertz CT molecular complexity index is 1590. The molecule has 5 aromatic carbocycles. The third kappa shape index (κ3) is 2.89. The highest BCUT2D eigenvalue weighted by molar-refractivity contribution is 7.84. The average Bonchev–Trinajstić information content (AvgIpc) is 2.94. The average molecular weight is 451 g/mol. The van der Waals surface area contributed by atoms with Crippen molar-refractivity contribution in [2.45, 2.75) is 5.41 Å². The topological polar surface area (TPSA) is 0 Å². The molecule has 0 spiro atoms. The van der Waals surface area contributed by atoms with Gasteiger partial charge in [0, 0.05) is 0 Å². The van der Waals surface area contributed by atoms with Gasteiger partial charge in [-0.15, -0.1) is 0 Å². The van der Waals surface area contributed by atoms with Crippen molar-refractivity contribution < 1.29 is 0 Å². The molecule has 3 aliphatic rings. The van der Waals surface area contributed by atoms with Crippen molar-refractivity contribution in [3.63, 3.8) is 0 Å². The van der Waals surface area contributed by atoms with Crippen LogP contribution in [0.15, 0.2) is 140 Å². The zero-order chi connectivity index (χ0) is 22.5. The molecule has 3 aliphatic heterocycles. The van der Waals surface area contributed by atoms with Crippen LogP contribution in [-0.2, 0) is 5.41 Å². The quantitative estimate of drug-likeness (QED) is 0.242. The lowest BCUT2D eigenvalue weighted by atomic mass is 9.72. The van der Waals surface area contributed by atoms with Crippen LogP contribution in [0.4, 0.5) is 0 Å². The van der Waals surface area contributed by atoms with Crippen LogP contribution in [0, 0.1) is 0 Å². The van der Waals surface area contributed by atoms with Crippen molar-refractivity contribution in [2.75, 3.05) is 0 Å². The first-order valence-corrected chi connectivity index (χ1v) is 13.1. The van der Waals surface area contributed by atoms with Crippen molar-refractivity contribution in [1.82, 2.24) is 0 Å². The Kier molecular flexibility index (Phi) is 4.44. The lowest BCUT2D eigenvalue weighted by molar-refractivity contribution is 0.821. The normalized spacial score (nSPS) is 20.5. The molecule has 0 radical (unpaired) electrons. The molecule has 5 aromatic rings. The molecule has 0 N–H and O–H groups in total. The summed E-state index contributed by atoms with van der Waals surface area (Å²) in [4.78, 5) is 0. The van der Waals surface area contributed by atoms with Gasteiger partial charge in [-0.1, -0.05) is 133 Å². The molecule has 0 saturated heterocycles. The highest BCUT2D eigenvalue weighted by Gasteiger charge is 2.45. The maximum absolute atomic E-state index is 2.56. The van der Waals surface area contributed by atoms with E-state index < -0.39 is 7.92 Å². The van der Waals surface area contributed by atoms with E-state index in [2.05, 4.69) is 140 Å². The summed E-state index contributed by atoms with van der Waals surface area (Å²) in [6.07, 6.45) is 5.11. The summed E-state index contributed by atoms with van der Waals surface area (Å²) in [5, 5.41) is 6.99. The van der Waals surface area contributed by atoms with E-state index in [1.165, 1.54) is 49.0 Å². The summed E-state index contributed by atoms with van der Waals surface area (Å²) in [6, 6.07) is 46.7. The summed E-state index contributed by atoms with van der Waals surface area (Å²) in [7, 11) is -0.654. The molecule has 2 bridgehead atoms. The van der Waals surface area contributed by atoms with Crippen LogP contribution in [-0.4, -0.2) is 0 Å². The van der Waals surface area contributed by atoms with Gasteiger partial charge in [0.15, 0.2) is 0 Å². The summed E-state index contributed by atoms with van der Waals surface area (Å²) < 4.78 is 0. The van der Waals surface area contributed by atoms with Crippen LogP contribution < -0.4 is 5.30 Å². The molecule has 0 fully saturated rings. The second-order valence-corrected chi connectivity index (χ2v) is 11.2. The molecule has 0 aliphatic carbocycles. The van der Waals surface area contributed by atoms with Crippen molar-refractivity contribution in [3.8, 4) is 0 Å².